The highest BCUT2D eigenvalue weighted by molar-refractivity contribution is 7.11. The lowest BCUT2D eigenvalue weighted by Gasteiger charge is -2.34. The fraction of sp³-hybridized carbons (Fsp3) is 0.409. The van der Waals surface area contributed by atoms with Crippen molar-refractivity contribution >= 4 is 28.8 Å². The summed E-state index contributed by atoms with van der Waals surface area (Å²) in [4.78, 5) is 20.0. The summed E-state index contributed by atoms with van der Waals surface area (Å²) < 4.78 is 5.84. The van der Waals surface area contributed by atoms with Gasteiger partial charge in [0.2, 0.25) is 5.88 Å². The second kappa shape index (κ2) is 9.48. The van der Waals surface area contributed by atoms with Gasteiger partial charge in [0.1, 0.15) is 11.6 Å². The van der Waals surface area contributed by atoms with Crippen molar-refractivity contribution in [1.82, 2.24) is 25.2 Å². The minimum Gasteiger partial charge on any atom is -0.472 e. The lowest BCUT2D eigenvalue weighted by molar-refractivity contribution is 0.248. The third kappa shape index (κ3) is 5.15. The number of piperazine rings is 1. The van der Waals surface area contributed by atoms with E-state index >= 15 is 0 Å². The van der Waals surface area contributed by atoms with Crippen molar-refractivity contribution in [2.45, 2.75) is 26.1 Å². The maximum Gasteiger partial charge on any atom is 0.234 e. The molecule has 31 heavy (non-hydrogen) atoms. The van der Waals surface area contributed by atoms with E-state index < -0.39 is 0 Å². The van der Waals surface area contributed by atoms with E-state index in [0.29, 0.717) is 17.5 Å². The van der Waals surface area contributed by atoms with Crippen LogP contribution in [-0.2, 0) is 26.1 Å². The highest BCUT2D eigenvalue weighted by atomic mass is 35.5. The molecule has 3 aromatic rings. The number of benzene rings is 1. The molecular weight excluding hydrogens is 432 g/mol. The Balaban J connectivity index is 1.15. The first-order valence-corrected chi connectivity index (χ1v) is 11.8. The number of hydrogen-bond acceptors (Lipinski definition) is 8. The van der Waals surface area contributed by atoms with Crippen molar-refractivity contribution < 1.29 is 4.74 Å². The summed E-state index contributed by atoms with van der Waals surface area (Å²) in [7, 11) is 0. The summed E-state index contributed by atoms with van der Waals surface area (Å²) in [6.45, 7) is 7.15. The first kappa shape index (κ1) is 20.6. The quantitative estimate of drug-likeness (QED) is 0.611. The summed E-state index contributed by atoms with van der Waals surface area (Å²) in [6.07, 6.45) is 4.52. The molecule has 0 spiro atoms. The fourth-order valence-corrected chi connectivity index (χ4v) is 5.26. The van der Waals surface area contributed by atoms with Gasteiger partial charge in [-0.2, -0.15) is 4.98 Å². The van der Waals surface area contributed by atoms with E-state index in [0.717, 1.165) is 63.6 Å². The highest BCUT2D eigenvalue weighted by Gasteiger charge is 2.21. The van der Waals surface area contributed by atoms with E-state index in [1.54, 1.807) is 6.20 Å². The third-order valence-corrected chi connectivity index (χ3v) is 6.89. The number of halogens is 1. The number of fused-ring (bicyclic) bond motifs is 1. The molecule has 1 N–H and O–H groups in total. The molecule has 5 rings (SSSR count). The third-order valence-electron chi connectivity index (χ3n) is 5.58. The van der Waals surface area contributed by atoms with Crippen LogP contribution in [-0.4, -0.2) is 52.6 Å². The monoisotopic (exact) mass is 456 g/mol. The van der Waals surface area contributed by atoms with Crippen LogP contribution in [0.3, 0.4) is 0 Å². The van der Waals surface area contributed by atoms with Gasteiger partial charge >= 0.3 is 0 Å². The Kier molecular flexibility index (Phi) is 6.31. The van der Waals surface area contributed by atoms with E-state index in [-0.39, 0.29) is 0 Å². The largest absolute Gasteiger partial charge is 0.472 e. The smallest absolute Gasteiger partial charge is 0.234 e. The van der Waals surface area contributed by atoms with Gasteiger partial charge in [0, 0.05) is 55.6 Å². The number of ether oxygens (including phenoxy) is 1. The number of nitrogens with one attached hydrogen (secondary N) is 1. The van der Waals surface area contributed by atoms with E-state index in [4.69, 9.17) is 21.3 Å². The molecule has 2 aliphatic heterocycles. The van der Waals surface area contributed by atoms with Crippen molar-refractivity contribution in [3.63, 3.8) is 0 Å². The number of aromatic nitrogens is 3. The summed E-state index contributed by atoms with van der Waals surface area (Å²) in [5.41, 5.74) is 2.30. The van der Waals surface area contributed by atoms with E-state index in [2.05, 4.69) is 25.1 Å². The van der Waals surface area contributed by atoms with Gasteiger partial charge < -0.3 is 15.0 Å². The topological polar surface area (TPSA) is 66.4 Å². The maximum atomic E-state index is 6.04. The van der Waals surface area contributed by atoms with Gasteiger partial charge in [0.15, 0.2) is 5.82 Å². The number of anilines is 1. The first-order valence-electron chi connectivity index (χ1n) is 10.6. The van der Waals surface area contributed by atoms with Gasteiger partial charge in [-0.1, -0.05) is 23.7 Å². The predicted octanol–water partition coefficient (Wildman–Crippen LogP) is 3.13. The van der Waals surface area contributed by atoms with Gasteiger partial charge in [-0.3, -0.25) is 9.88 Å². The van der Waals surface area contributed by atoms with Gasteiger partial charge in [0.25, 0.3) is 0 Å². The summed E-state index contributed by atoms with van der Waals surface area (Å²) in [5, 5.41) is 5.37. The second-order valence-electron chi connectivity index (χ2n) is 7.80. The SMILES string of the molecule is Clc1cccc(COc2cncc(N3CCN(Cc4nc5c(s4)CNCC5)CC3)n2)c1. The molecule has 0 unspecified atom stereocenters. The molecule has 1 aromatic carbocycles. The van der Waals surface area contributed by atoms with Crippen LogP contribution in [0, 0.1) is 0 Å². The number of nitrogens with zero attached hydrogens (tertiary/aromatic N) is 5. The number of thiazole rings is 1. The zero-order chi connectivity index (χ0) is 21.0. The lowest BCUT2D eigenvalue weighted by atomic mass is 10.2. The van der Waals surface area contributed by atoms with Crippen molar-refractivity contribution in [2.24, 2.45) is 0 Å². The molecule has 0 saturated carbocycles. The summed E-state index contributed by atoms with van der Waals surface area (Å²) in [5.74, 6) is 1.39. The van der Waals surface area contributed by atoms with E-state index in [9.17, 15) is 0 Å². The maximum absolute atomic E-state index is 6.04. The second-order valence-corrected chi connectivity index (χ2v) is 9.41. The van der Waals surface area contributed by atoms with Crippen LogP contribution in [0.25, 0.3) is 0 Å². The Morgan fingerprint density at radius 3 is 2.87 bits per heavy atom. The van der Waals surface area contributed by atoms with Crippen molar-refractivity contribution in [1.29, 1.82) is 0 Å². The zero-order valence-electron chi connectivity index (χ0n) is 17.3. The molecule has 162 valence electrons. The predicted molar refractivity (Wildman–Crippen MR) is 123 cm³/mol. The lowest BCUT2D eigenvalue weighted by Crippen LogP contribution is -2.46. The molecule has 1 saturated heterocycles. The van der Waals surface area contributed by atoms with Crippen LogP contribution in [0.1, 0.15) is 21.1 Å². The Bertz CT molecular complexity index is 1010. The van der Waals surface area contributed by atoms with Crippen LogP contribution in [0.4, 0.5) is 5.82 Å². The fourth-order valence-electron chi connectivity index (χ4n) is 3.92. The van der Waals surface area contributed by atoms with Gasteiger partial charge in [-0.25, -0.2) is 4.98 Å². The summed E-state index contributed by atoms with van der Waals surface area (Å²) >= 11 is 7.90. The molecule has 2 aliphatic rings. The molecule has 9 heteroatoms. The molecule has 0 amide bonds. The molecule has 0 aliphatic carbocycles. The molecular formula is C22H25ClN6OS. The van der Waals surface area contributed by atoms with E-state index in [1.165, 1.54) is 15.6 Å². The molecule has 1 fully saturated rings. The Hall–Kier alpha value is -2.26. The van der Waals surface area contributed by atoms with Crippen LogP contribution >= 0.6 is 22.9 Å². The van der Waals surface area contributed by atoms with Crippen molar-refractivity contribution in [2.75, 3.05) is 37.6 Å². The molecule has 4 heterocycles. The van der Waals surface area contributed by atoms with E-state index in [1.807, 2.05) is 41.8 Å². The summed E-state index contributed by atoms with van der Waals surface area (Å²) in [6, 6.07) is 7.65. The van der Waals surface area contributed by atoms with Crippen LogP contribution in [0.2, 0.25) is 5.02 Å². The average Bonchev–Trinajstić information content (AvgIpc) is 3.21. The van der Waals surface area contributed by atoms with Crippen molar-refractivity contribution in [3.8, 4) is 5.88 Å². The highest BCUT2D eigenvalue weighted by Crippen LogP contribution is 2.24. The molecule has 0 atom stereocenters. The molecule has 7 nitrogen and oxygen atoms in total. The molecule has 0 radical (unpaired) electrons. The molecule has 2 aromatic heterocycles. The normalized spacial score (nSPS) is 16.9. The minimum atomic E-state index is 0.416. The van der Waals surface area contributed by atoms with Crippen molar-refractivity contribution in [3.05, 3.63) is 62.8 Å². The number of rotatable bonds is 6. The Morgan fingerprint density at radius 1 is 1.13 bits per heavy atom. The Morgan fingerprint density at radius 2 is 2.03 bits per heavy atom. The number of hydrogen-bond donors (Lipinski definition) is 1. The minimum absolute atomic E-state index is 0.416. The Labute approximate surface area is 191 Å². The van der Waals surface area contributed by atoms with Crippen LogP contribution in [0.5, 0.6) is 5.88 Å². The zero-order valence-corrected chi connectivity index (χ0v) is 18.8. The average molecular weight is 457 g/mol. The van der Waals surface area contributed by atoms with Gasteiger partial charge in [-0.15, -0.1) is 11.3 Å². The van der Waals surface area contributed by atoms with Crippen LogP contribution < -0.4 is 15.0 Å². The van der Waals surface area contributed by atoms with Gasteiger partial charge in [0.05, 0.1) is 24.6 Å². The van der Waals surface area contributed by atoms with Crippen LogP contribution in [0.15, 0.2) is 36.7 Å². The van der Waals surface area contributed by atoms with Gasteiger partial charge in [-0.05, 0) is 17.7 Å². The molecule has 0 bridgehead atoms. The standard InChI is InChI=1S/C22H25ClN6OS/c23-17-3-1-2-16(10-17)15-30-21-13-25-12-20(27-21)29-8-6-28(7-9-29)14-22-26-18-4-5-24-11-19(18)31-22/h1-3,10,12-13,24H,4-9,11,14-15H2. The first-order chi connectivity index (χ1) is 15.2.